The lowest BCUT2D eigenvalue weighted by molar-refractivity contribution is -0.112. The zero-order chi connectivity index (χ0) is 29.6. The first-order valence-electron chi connectivity index (χ1n) is 13.0. The van der Waals surface area contributed by atoms with Crippen molar-refractivity contribution in [1.82, 2.24) is 5.32 Å². The molecule has 0 saturated heterocycles. The molecule has 3 aromatic rings. The van der Waals surface area contributed by atoms with E-state index in [1.165, 1.54) is 12.1 Å². The Morgan fingerprint density at radius 1 is 1.07 bits per heavy atom. The van der Waals surface area contributed by atoms with Gasteiger partial charge in [-0.1, -0.05) is 36.9 Å². The van der Waals surface area contributed by atoms with Gasteiger partial charge < -0.3 is 21.7 Å². The molecule has 10 heteroatoms. The van der Waals surface area contributed by atoms with Crippen molar-refractivity contribution in [3.05, 3.63) is 119 Å². The van der Waals surface area contributed by atoms with Crippen molar-refractivity contribution in [3.8, 4) is 6.07 Å². The smallest absolute Gasteiger partial charge is 0.351 e. The number of hydrogen-bond donors (Lipinski definition) is 4. The monoisotopic (exact) mass is 563 g/mol. The highest BCUT2D eigenvalue weighted by molar-refractivity contribution is 6.06. The van der Waals surface area contributed by atoms with Gasteiger partial charge in [0.1, 0.15) is 11.5 Å². The molecule has 5 N–H and O–H groups in total. The molecule has 6 nitrogen and oxygen atoms in total. The third-order valence-electron chi connectivity index (χ3n) is 6.60. The summed E-state index contributed by atoms with van der Waals surface area (Å²) in [7, 11) is 0. The topological polar surface area (TPSA) is 103 Å². The Balaban J connectivity index is 1.65. The standard InChI is InChI=1S/C31H29F4N5O/c1-19(31(33,34)35)12-28(39-25-7-3-5-22(14-25)17-37)30(41)40-27-15-24(10-11-26(27)32)29(38-18-20-8-9-20)23-6-2-4-21(13-23)16-36/h2-7,10-15,20,29,38-39H,1,8-9,17-18,37H2,(H,40,41)/b28-12-. The van der Waals surface area contributed by atoms with Gasteiger partial charge in [-0.3, -0.25) is 4.79 Å². The van der Waals surface area contributed by atoms with Crippen molar-refractivity contribution >= 4 is 17.3 Å². The molecule has 0 aromatic heterocycles. The van der Waals surface area contributed by atoms with Crippen LogP contribution < -0.4 is 21.7 Å². The fraction of sp³-hybridized carbons (Fsp3) is 0.226. The average Bonchev–Trinajstić information content (AvgIpc) is 3.78. The predicted octanol–water partition coefficient (Wildman–Crippen LogP) is 6.30. The van der Waals surface area contributed by atoms with Crippen LogP contribution in [0.3, 0.4) is 0 Å². The van der Waals surface area contributed by atoms with Gasteiger partial charge >= 0.3 is 6.18 Å². The van der Waals surface area contributed by atoms with Crippen LogP contribution in [0.2, 0.25) is 0 Å². The second-order valence-corrected chi connectivity index (χ2v) is 9.83. The van der Waals surface area contributed by atoms with E-state index >= 15 is 0 Å². The maximum absolute atomic E-state index is 14.9. The zero-order valence-corrected chi connectivity index (χ0v) is 22.1. The molecule has 0 bridgehead atoms. The van der Waals surface area contributed by atoms with Crippen molar-refractivity contribution in [2.75, 3.05) is 17.2 Å². The largest absolute Gasteiger partial charge is 0.415 e. The van der Waals surface area contributed by atoms with Crippen LogP contribution in [-0.4, -0.2) is 18.6 Å². The normalized spacial score (nSPS) is 14.2. The van der Waals surface area contributed by atoms with E-state index in [1.807, 2.05) is 6.07 Å². The lowest BCUT2D eigenvalue weighted by Crippen LogP contribution is -2.25. The Morgan fingerprint density at radius 3 is 2.49 bits per heavy atom. The molecule has 1 fully saturated rings. The van der Waals surface area contributed by atoms with E-state index in [9.17, 15) is 27.6 Å². The number of nitriles is 1. The molecule has 3 aromatic carbocycles. The number of nitrogens with zero attached hydrogens (tertiary/aromatic N) is 1. The van der Waals surface area contributed by atoms with Crippen molar-refractivity contribution < 1.29 is 22.4 Å². The first-order valence-corrected chi connectivity index (χ1v) is 13.0. The van der Waals surface area contributed by atoms with Crippen LogP contribution in [0.15, 0.2) is 90.7 Å². The summed E-state index contributed by atoms with van der Waals surface area (Å²) in [6, 6.07) is 19.4. The number of halogens is 4. The van der Waals surface area contributed by atoms with Crippen LogP contribution in [0.25, 0.3) is 0 Å². The van der Waals surface area contributed by atoms with Crippen molar-refractivity contribution in [1.29, 1.82) is 5.26 Å². The fourth-order valence-electron chi connectivity index (χ4n) is 4.18. The molecule has 1 aliphatic carbocycles. The molecule has 0 aliphatic heterocycles. The number of carbonyl (C=O) groups is 1. The van der Waals surface area contributed by atoms with Gasteiger partial charge in [0.25, 0.3) is 5.91 Å². The first kappa shape index (κ1) is 29.5. The number of nitrogens with two attached hydrogens (primary N) is 1. The van der Waals surface area contributed by atoms with Crippen molar-refractivity contribution in [3.63, 3.8) is 0 Å². The Morgan fingerprint density at radius 2 is 1.80 bits per heavy atom. The van der Waals surface area contributed by atoms with Gasteiger partial charge in [0.05, 0.1) is 28.9 Å². The molecule has 0 spiro atoms. The Labute approximate surface area is 235 Å². The molecule has 0 heterocycles. The minimum atomic E-state index is -4.78. The molecular formula is C31H29F4N5O. The number of hydrogen-bond acceptors (Lipinski definition) is 5. The van der Waals surface area contributed by atoms with Crippen LogP contribution in [0.1, 0.15) is 41.1 Å². The van der Waals surface area contributed by atoms with Crippen LogP contribution in [-0.2, 0) is 11.3 Å². The summed E-state index contributed by atoms with van der Waals surface area (Å²) in [5.41, 5.74) is 6.53. The highest BCUT2D eigenvalue weighted by Crippen LogP contribution is 2.32. The summed E-state index contributed by atoms with van der Waals surface area (Å²) in [4.78, 5) is 13.3. The fourth-order valence-corrected chi connectivity index (χ4v) is 4.18. The molecule has 1 amide bonds. The first-order chi connectivity index (χ1) is 19.6. The molecule has 1 saturated carbocycles. The van der Waals surface area contributed by atoms with E-state index in [0.29, 0.717) is 40.9 Å². The Kier molecular flexibility index (Phi) is 9.22. The zero-order valence-electron chi connectivity index (χ0n) is 22.1. The number of nitrogens with one attached hydrogen (secondary N) is 3. The summed E-state index contributed by atoms with van der Waals surface area (Å²) in [6.07, 6.45) is -2.01. The molecule has 212 valence electrons. The van der Waals surface area contributed by atoms with Gasteiger partial charge in [0.2, 0.25) is 0 Å². The van der Waals surface area contributed by atoms with Gasteiger partial charge in [-0.2, -0.15) is 18.4 Å². The summed E-state index contributed by atoms with van der Waals surface area (Å²) >= 11 is 0. The number of anilines is 2. The third-order valence-corrected chi connectivity index (χ3v) is 6.60. The van der Waals surface area contributed by atoms with Gasteiger partial charge in [0, 0.05) is 12.2 Å². The highest BCUT2D eigenvalue weighted by atomic mass is 19.4. The second-order valence-electron chi connectivity index (χ2n) is 9.83. The molecule has 4 rings (SSSR count). The minimum Gasteiger partial charge on any atom is -0.351 e. The van der Waals surface area contributed by atoms with E-state index in [4.69, 9.17) is 5.73 Å². The number of carbonyl (C=O) groups excluding carboxylic acids is 1. The summed E-state index contributed by atoms with van der Waals surface area (Å²) < 4.78 is 54.9. The SMILES string of the molecule is C=C(/C=C(\Nc1cccc(CN)c1)C(=O)Nc1cc(C(NCC2CC2)c2cccc(C#N)c2)ccc1F)C(F)(F)F. The summed E-state index contributed by atoms with van der Waals surface area (Å²) in [5.74, 6) is -1.25. The van der Waals surface area contributed by atoms with Crippen molar-refractivity contribution in [2.45, 2.75) is 31.6 Å². The number of rotatable bonds is 11. The summed E-state index contributed by atoms with van der Waals surface area (Å²) in [6.45, 7) is 3.92. The van der Waals surface area contributed by atoms with Crippen LogP contribution in [0.5, 0.6) is 0 Å². The van der Waals surface area contributed by atoms with Crippen LogP contribution in [0.4, 0.5) is 28.9 Å². The number of allylic oxidation sites excluding steroid dienone is 2. The maximum Gasteiger partial charge on any atom is 0.415 e. The Hall–Kier alpha value is -4.46. The minimum absolute atomic E-state index is 0.182. The second kappa shape index (κ2) is 12.8. The molecule has 1 aliphatic rings. The quantitative estimate of drug-likeness (QED) is 0.125. The van der Waals surface area contributed by atoms with Gasteiger partial charge in [0.15, 0.2) is 0 Å². The molecule has 41 heavy (non-hydrogen) atoms. The van der Waals surface area contributed by atoms with Crippen LogP contribution >= 0.6 is 0 Å². The number of benzene rings is 3. The highest BCUT2D eigenvalue weighted by Gasteiger charge is 2.31. The Bertz CT molecular complexity index is 1500. The maximum atomic E-state index is 14.9. The number of alkyl halides is 3. The van der Waals surface area contributed by atoms with Crippen molar-refractivity contribution in [2.24, 2.45) is 11.7 Å². The van der Waals surface area contributed by atoms with E-state index in [2.05, 4.69) is 28.6 Å². The average molecular weight is 564 g/mol. The summed E-state index contributed by atoms with van der Waals surface area (Å²) in [5, 5.41) is 17.9. The van der Waals surface area contributed by atoms with Crippen LogP contribution in [0, 0.1) is 23.1 Å². The lowest BCUT2D eigenvalue weighted by Gasteiger charge is -2.21. The molecule has 0 radical (unpaired) electrons. The van der Waals surface area contributed by atoms with Gasteiger partial charge in [-0.25, -0.2) is 4.39 Å². The van der Waals surface area contributed by atoms with E-state index in [-0.39, 0.29) is 12.2 Å². The molecule has 1 unspecified atom stereocenters. The van der Waals surface area contributed by atoms with Gasteiger partial charge in [-0.05, 0) is 84.5 Å². The predicted molar refractivity (Wildman–Crippen MR) is 150 cm³/mol. The third kappa shape index (κ3) is 8.03. The molecule has 1 atom stereocenters. The van der Waals surface area contributed by atoms with E-state index < -0.39 is 35.2 Å². The lowest BCUT2D eigenvalue weighted by atomic mass is 9.96. The van der Waals surface area contributed by atoms with E-state index in [0.717, 1.165) is 18.4 Å². The van der Waals surface area contributed by atoms with Gasteiger partial charge in [-0.15, -0.1) is 0 Å². The van der Waals surface area contributed by atoms with E-state index in [1.54, 1.807) is 48.5 Å². The number of amides is 1. The molecular weight excluding hydrogens is 534 g/mol.